The first-order chi connectivity index (χ1) is 8.90. The van der Waals surface area contributed by atoms with Crippen LogP contribution in [0.25, 0.3) is 11.0 Å². The third kappa shape index (κ3) is 2.72. The van der Waals surface area contributed by atoms with Crippen molar-refractivity contribution >= 4 is 17.0 Å². The lowest BCUT2D eigenvalue weighted by molar-refractivity contribution is 0.449. The molecule has 2 N–H and O–H groups in total. The van der Waals surface area contributed by atoms with E-state index in [0.29, 0.717) is 22.9 Å². The number of nitrogens with zero attached hydrogens (tertiary/aromatic N) is 2. The maximum atomic E-state index is 13.6. The number of imidazole rings is 1. The fourth-order valence-corrected chi connectivity index (χ4v) is 2.41. The number of benzene rings is 1. The molecule has 1 atom stereocenters. The molecular weight excluding hydrogens is 241 g/mol. The molecule has 104 valence electrons. The SMILES string of the molecule is Cc1cc2c(cc1F)nc(N)n2C(C)CCC(C)C. The average molecular weight is 263 g/mol. The van der Waals surface area contributed by atoms with Crippen molar-refractivity contribution in [2.75, 3.05) is 5.73 Å². The number of hydrogen-bond acceptors (Lipinski definition) is 2. The predicted octanol–water partition coefficient (Wildman–Crippen LogP) is 4.06. The number of aromatic nitrogens is 2. The summed E-state index contributed by atoms with van der Waals surface area (Å²) < 4.78 is 15.6. The van der Waals surface area contributed by atoms with Crippen molar-refractivity contribution in [3.63, 3.8) is 0 Å². The second-order valence-corrected chi connectivity index (χ2v) is 5.75. The molecule has 0 radical (unpaired) electrons. The Balaban J connectivity index is 2.42. The largest absolute Gasteiger partial charge is 0.369 e. The molecule has 4 heteroatoms. The van der Waals surface area contributed by atoms with Crippen molar-refractivity contribution in [2.24, 2.45) is 5.92 Å². The summed E-state index contributed by atoms with van der Waals surface area (Å²) in [5.74, 6) is 0.904. The van der Waals surface area contributed by atoms with Crippen molar-refractivity contribution in [1.29, 1.82) is 0 Å². The summed E-state index contributed by atoms with van der Waals surface area (Å²) in [6, 6.07) is 3.57. The number of aryl methyl sites for hydroxylation is 1. The molecule has 0 bridgehead atoms. The molecular formula is C15H22FN3. The Hall–Kier alpha value is -1.58. The van der Waals surface area contributed by atoms with E-state index in [1.165, 1.54) is 6.07 Å². The smallest absolute Gasteiger partial charge is 0.201 e. The normalized spacial score (nSPS) is 13.4. The summed E-state index contributed by atoms with van der Waals surface area (Å²) in [6.07, 6.45) is 2.18. The van der Waals surface area contributed by atoms with E-state index in [4.69, 9.17) is 5.73 Å². The van der Waals surface area contributed by atoms with Gasteiger partial charge in [-0.3, -0.25) is 0 Å². The molecule has 0 fully saturated rings. The van der Waals surface area contributed by atoms with Crippen molar-refractivity contribution in [1.82, 2.24) is 9.55 Å². The van der Waals surface area contributed by atoms with Crippen LogP contribution in [0.5, 0.6) is 0 Å². The number of nitrogen functional groups attached to an aromatic ring is 1. The number of rotatable bonds is 4. The number of fused-ring (bicyclic) bond motifs is 1. The molecule has 1 aromatic carbocycles. The summed E-state index contributed by atoms with van der Waals surface area (Å²) in [6.45, 7) is 8.32. The molecule has 1 heterocycles. The van der Waals surface area contributed by atoms with Crippen LogP contribution in [-0.2, 0) is 0 Å². The van der Waals surface area contributed by atoms with E-state index in [0.717, 1.165) is 18.4 Å². The molecule has 0 saturated carbocycles. The molecule has 19 heavy (non-hydrogen) atoms. The van der Waals surface area contributed by atoms with Crippen molar-refractivity contribution in [3.8, 4) is 0 Å². The summed E-state index contributed by atoms with van der Waals surface area (Å²) >= 11 is 0. The van der Waals surface area contributed by atoms with Gasteiger partial charge in [0, 0.05) is 12.1 Å². The van der Waals surface area contributed by atoms with Gasteiger partial charge in [-0.25, -0.2) is 9.37 Å². The van der Waals surface area contributed by atoms with Gasteiger partial charge >= 0.3 is 0 Å². The van der Waals surface area contributed by atoms with E-state index < -0.39 is 0 Å². The zero-order valence-corrected chi connectivity index (χ0v) is 12.1. The van der Waals surface area contributed by atoms with Crippen molar-refractivity contribution < 1.29 is 4.39 Å². The maximum absolute atomic E-state index is 13.6. The molecule has 0 amide bonds. The Kier molecular flexibility index (Phi) is 3.78. The molecule has 0 aliphatic rings. The zero-order chi connectivity index (χ0) is 14.2. The van der Waals surface area contributed by atoms with Crippen LogP contribution in [-0.4, -0.2) is 9.55 Å². The molecule has 2 rings (SSSR count). The van der Waals surface area contributed by atoms with Gasteiger partial charge in [-0.15, -0.1) is 0 Å². The molecule has 0 aliphatic heterocycles. The first-order valence-electron chi connectivity index (χ1n) is 6.83. The lowest BCUT2D eigenvalue weighted by atomic mass is 10.0. The third-order valence-corrected chi connectivity index (χ3v) is 3.60. The van der Waals surface area contributed by atoms with Gasteiger partial charge in [0.15, 0.2) is 0 Å². The first-order valence-corrected chi connectivity index (χ1v) is 6.83. The summed E-state index contributed by atoms with van der Waals surface area (Å²) in [7, 11) is 0. The highest BCUT2D eigenvalue weighted by atomic mass is 19.1. The van der Waals surface area contributed by atoms with Gasteiger partial charge in [-0.2, -0.15) is 0 Å². The van der Waals surface area contributed by atoms with Crippen LogP contribution in [0.2, 0.25) is 0 Å². The van der Waals surface area contributed by atoms with Gasteiger partial charge in [0.2, 0.25) is 5.95 Å². The molecule has 0 spiro atoms. The minimum Gasteiger partial charge on any atom is -0.369 e. The highest BCUT2D eigenvalue weighted by Crippen LogP contribution is 2.28. The molecule has 0 aliphatic carbocycles. The quantitative estimate of drug-likeness (QED) is 0.903. The minimum absolute atomic E-state index is 0.230. The van der Waals surface area contributed by atoms with E-state index in [2.05, 4.69) is 25.8 Å². The van der Waals surface area contributed by atoms with E-state index in [9.17, 15) is 4.39 Å². The van der Waals surface area contributed by atoms with Gasteiger partial charge in [0.05, 0.1) is 11.0 Å². The average Bonchev–Trinajstić information content (AvgIpc) is 2.62. The van der Waals surface area contributed by atoms with E-state index >= 15 is 0 Å². The summed E-state index contributed by atoms with van der Waals surface area (Å²) in [5.41, 5.74) is 8.18. The lowest BCUT2D eigenvalue weighted by Crippen LogP contribution is -2.10. The predicted molar refractivity (Wildman–Crippen MR) is 77.6 cm³/mol. The Morgan fingerprint density at radius 2 is 1.95 bits per heavy atom. The standard InChI is InChI=1S/C15H22FN3/c1-9(2)5-6-11(4)19-14-7-10(3)12(16)8-13(14)18-15(19)17/h7-9,11H,5-6H2,1-4H3,(H2,17,18). The number of anilines is 1. The Morgan fingerprint density at radius 3 is 2.58 bits per heavy atom. The van der Waals surface area contributed by atoms with E-state index in [1.54, 1.807) is 6.92 Å². The second-order valence-electron chi connectivity index (χ2n) is 5.75. The van der Waals surface area contributed by atoms with Gasteiger partial charge in [-0.1, -0.05) is 13.8 Å². The maximum Gasteiger partial charge on any atom is 0.201 e. The number of nitrogens with two attached hydrogens (primary N) is 1. The third-order valence-electron chi connectivity index (χ3n) is 3.60. The van der Waals surface area contributed by atoms with Crippen LogP contribution < -0.4 is 5.73 Å². The van der Waals surface area contributed by atoms with E-state index in [1.807, 2.05) is 10.6 Å². The Labute approximate surface area is 113 Å². The molecule has 2 aromatic rings. The fourth-order valence-electron chi connectivity index (χ4n) is 2.41. The molecule has 0 saturated heterocycles. The van der Waals surface area contributed by atoms with Gasteiger partial charge < -0.3 is 10.3 Å². The van der Waals surface area contributed by atoms with Crippen LogP contribution in [0, 0.1) is 18.7 Å². The Morgan fingerprint density at radius 1 is 1.26 bits per heavy atom. The Bertz CT molecular complexity index is 587. The highest BCUT2D eigenvalue weighted by molar-refractivity contribution is 5.79. The zero-order valence-electron chi connectivity index (χ0n) is 12.1. The number of halogens is 1. The summed E-state index contributed by atoms with van der Waals surface area (Å²) in [4.78, 5) is 4.26. The molecule has 1 aromatic heterocycles. The first kappa shape index (κ1) is 13.8. The van der Waals surface area contributed by atoms with Crippen LogP contribution in [0.15, 0.2) is 12.1 Å². The monoisotopic (exact) mass is 263 g/mol. The van der Waals surface area contributed by atoms with Crippen LogP contribution >= 0.6 is 0 Å². The minimum atomic E-state index is -0.230. The van der Waals surface area contributed by atoms with Crippen LogP contribution in [0.3, 0.4) is 0 Å². The fraction of sp³-hybridized carbons (Fsp3) is 0.533. The van der Waals surface area contributed by atoms with Crippen molar-refractivity contribution in [2.45, 2.75) is 46.6 Å². The highest BCUT2D eigenvalue weighted by Gasteiger charge is 2.15. The van der Waals surface area contributed by atoms with Crippen molar-refractivity contribution in [3.05, 3.63) is 23.5 Å². The second kappa shape index (κ2) is 5.19. The van der Waals surface area contributed by atoms with Crippen LogP contribution in [0.1, 0.15) is 45.2 Å². The van der Waals surface area contributed by atoms with Gasteiger partial charge in [0.25, 0.3) is 0 Å². The van der Waals surface area contributed by atoms with Gasteiger partial charge in [0.1, 0.15) is 5.82 Å². The molecule has 1 unspecified atom stereocenters. The topological polar surface area (TPSA) is 43.8 Å². The summed E-state index contributed by atoms with van der Waals surface area (Å²) in [5, 5.41) is 0. The van der Waals surface area contributed by atoms with Crippen LogP contribution in [0.4, 0.5) is 10.3 Å². The van der Waals surface area contributed by atoms with E-state index in [-0.39, 0.29) is 11.9 Å². The lowest BCUT2D eigenvalue weighted by Gasteiger charge is -2.17. The number of hydrogen-bond donors (Lipinski definition) is 1. The molecule has 3 nitrogen and oxygen atoms in total. The van der Waals surface area contributed by atoms with Gasteiger partial charge in [-0.05, 0) is 44.2 Å².